The van der Waals surface area contributed by atoms with Crippen molar-refractivity contribution in [3.8, 4) is 11.1 Å². The van der Waals surface area contributed by atoms with Crippen LogP contribution in [-0.2, 0) is 9.53 Å². The number of ether oxygens (including phenoxy) is 1. The van der Waals surface area contributed by atoms with Crippen LogP contribution in [0.25, 0.3) is 11.1 Å². The Morgan fingerprint density at radius 1 is 0.960 bits per heavy atom. The molecule has 25 heavy (non-hydrogen) atoms. The van der Waals surface area contributed by atoms with Gasteiger partial charge in [-0.3, -0.25) is 4.79 Å². The van der Waals surface area contributed by atoms with Gasteiger partial charge in [-0.05, 0) is 23.3 Å². The fourth-order valence-electron chi connectivity index (χ4n) is 2.75. The minimum Gasteiger partial charge on any atom is -0.459 e. The lowest BCUT2D eigenvalue weighted by Crippen LogP contribution is -2.25. The molecule has 1 aromatic heterocycles. The zero-order valence-corrected chi connectivity index (χ0v) is 13.6. The second-order valence-corrected chi connectivity index (χ2v) is 5.70. The Kier molecular flexibility index (Phi) is 3.82. The van der Waals surface area contributed by atoms with Gasteiger partial charge in [-0.15, -0.1) is 5.10 Å². The van der Waals surface area contributed by atoms with E-state index in [1.165, 1.54) is 11.9 Å². The summed E-state index contributed by atoms with van der Waals surface area (Å²) in [7, 11) is 0. The highest BCUT2D eigenvalue weighted by atomic mass is 16.5. The topological polar surface area (TPSA) is 55.0 Å². The first-order valence-electron chi connectivity index (χ1n) is 7.97. The monoisotopic (exact) mass is 332 g/mol. The van der Waals surface area contributed by atoms with Crippen LogP contribution in [0.15, 0.2) is 82.5 Å². The molecular weight excluding hydrogens is 316 g/mol. The van der Waals surface area contributed by atoms with Crippen LogP contribution in [0.1, 0.15) is 24.5 Å². The molecule has 1 unspecified atom stereocenters. The minimum absolute atomic E-state index is 0.196. The predicted octanol–water partition coefficient (Wildman–Crippen LogP) is 4.19. The van der Waals surface area contributed by atoms with Gasteiger partial charge in [0, 0.05) is 12.5 Å². The molecule has 0 radical (unpaired) electrons. The van der Waals surface area contributed by atoms with Gasteiger partial charge in [0.1, 0.15) is 0 Å². The molecule has 0 N–H and O–H groups in total. The molecule has 3 aromatic rings. The summed E-state index contributed by atoms with van der Waals surface area (Å²) in [5, 5.41) is 5.58. The van der Waals surface area contributed by atoms with E-state index in [9.17, 15) is 4.79 Å². The number of amides is 1. The van der Waals surface area contributed by atoms with Crippen molar-refractivity contribution in [2.24, 2.45) is 5.10 Å². The van der Waals surface area contributed by atoms with Crippen molar-refractivity contribution in [2.75, 3.05) is 0 Å². The van der Waals surface area contributed by atoms with E-state index in [2.05, 4.69) is 17.2 Å². The van der Waals surface area contributed by atoms with E-state index in [0.29, 0.717) is 11.7 Å². The largest absolute Gasteiger partial charge is 0.459 e. The van der Waals surface area contributed by atoms with Crippen LogP contribution in [0.4, 0.5) is 0 Å². The third-order valence-corrected chi connectivity index (χ3v) is 4.00. The molecule has 0 aliphatic carbocycles. The number of nitrogens with zero attached hydrogens (tertiary/aromatic N) is 2. The Morgan fingerprint density at radius 3 is 2.32 bits per heavy atom. The lowest BCUT2D eigenvalue weighted by Gasteiger charge is -2.19. The fraction of sp³-hybridized carbons (Fsp3) is 0.100. The van der Waals surface area contributed by atoms with Gasteiger partial charge < -0.3 is 9.15 Å². The molecule has 5 heteroatoms. The quantitative estimate of drug-likeness (QED) is 0.723. The molecule has 1 atom stereocenters. The number of benzene rings is 2. The van der Waals surface area contributed by atoms with Crippen molar-refractivity contribution in [1.82, 2.24) is 5.01 Å². The van der Waals surface area contributed by atoms with E-state index in [-0.39, 0.29) is 5.91 Å². The van der Waals surface area contributed by atoms with Crippen LogP contribution in [0, 0.1) is 0 Å². The lowest BCUT2D eigenvalue weighted by molar-refractivity contribution is -0.135. The second-order valence-electron chi connectivity index (χ2n) is 5.70. The molecule has 0 fully saturated rings. The molecule has 0 spiro atoms. The number of furan rings is 1. The van der Waals surface area contributed by atoms with Crippen LogP contribution in [0.2, 0.25) is 0 Å². The Bertz CT molecular complexity index is 900. The number of hydrogen-bond acceptors (Lipinski definition) is 4. The van der Waals surface area contributed by atoms with Crippen molar-refractivity contribution in [3.63, 3.8) is 0 Å². The van der Waals surface area contributed by atoms with Crippen molar-refractivity contribution in [3.05, 3.63) is 84.3 Å². The smallest absolute Gasteiger partial charge is 0.277 e. The lowest BCUT2D eigenvalue weighted by atomic mass is 10.0. The molecule has 5 nitrogen and oxygen atoms in total. The normalized spacial score (nSPS) is 16.4. The molecule has 0 bridgehead atoms. The minimum atomic E-state index is -0.595. The Morgan fingerprint density at radius 2 is 1.68 bits per heavy atom. The first-order valence-corrected chi connectivity index (χ1v) is 7.97. The molecule has 0 saturated heterocycles. The van der Waals surface area contributed by atoms with Crippen LogP contribution in [0.5, 0.6) is 0 Å². The summed E-state index contributed by atoms with van der Waals surface area (Å²) < 4.78 is 11.2. The van der Waals surface area contributed by atoms with E-state index in [1.807, 2.05) is 42.5 Å². The van der Waals surface area contributed by atoms with Gasteiger partial charge in [-0.2, -0.15) is 5.01 Å². The number of carbonyl (C=O) groups excluding carboxylic acids is 1. The third-order valence-electron chi connectivity index (χ3n) is 4.00. The van der Waals surface area contributed by atoms with Crippen molar-refractivity contribution in [1.29, 1.82) is 0 Å². The van der Waals surface area contributed by atoms with Crippen molar-refractivity contribution < 1.29 is 13.9 Å². The first-order chi connectivity index (χ1) is 12.2. The SMILES string of the molecule is CC(=O)N1N=C(c2ccco2)OC1c1ccc(-c2ccccc2)cc1. The van der Waals surface area contributed by atoms with E-state index < -0.39 is 6.23 Å². The molecule has 2 heterocycles. The standard InChI is InChI=1S/C20H16N2O3/c1-14(23)22-20(25-19(21-22)18-8-5-13-24-18)17-11-9-16(10-12-17)15-6-3-2-4-7-15/h2-13,20H,1H3. The van der Waals surface area contributed by atoms with Gasteiger partial charge in [0.15, 0.2) is 5.76 Å². The van der Waals surface area contributed by atoms with Crippen LogP contribution in [-0.4, -0.2) is 16.8 Å². The van der Waals surface area contributed by atoms with Crippen LogP contribution < -0.4 is 0 Å². The molecule has 4 rings (SSSR count). The Balaban J connectivity index is 1.62. The van der Waals surface area contributed by atoms with E-state index >= 15 is 0 Å². The molecule has 1 aliphatic heterocycles. The number of carbonyl (C=O) groups is 1. The molecule has 1 aliphatic rings. The highest BCUT2D eigenvalue weighted by Gasteiger charge is 2.34. The molecule has 0 saturated carbocycles. The summed E-state index contributed by atoms with van der Waals surface area (Å²) in [6.45, 7) is 1.46. The number of hydrogen-bond donors (Lipinski definition) is 0. The van der Waals surface area contributed by atoms with Crippen molar-refractivity contribution in [2.45, 2.75) is 13.2 Å². The Hall–Kier alpha value is -3.34. The van der Waals surface area contributed by atoms with Gasteiger partial charge >= 0.3 is 0 Å². The van der Waals surface area contributed by atoms with Gasteiger partial charge in [-0.25, -0.2) is 0 Å². The molecule has 2 aromatic carbocycles. The third kappa shape index (κ3) is 2.92. The second kappa shape index (κ2) is 6.28. The highest BCUT2D eigenvalue weighted by Crippen LogP contribution is 2.31. The van der Waals surface area contributed by atoms with E-state index in [1.54, 1.807) is 18.4 Å². The van der Waals surface area contributed by atoms with E-state index in [0.717, 1.165) is 16.7 Å². The zero-order chi connectivity index (χ0) is 17.2. The van der Waals surface area contributed by atoms with Gasteiger partial charge in [0.2, 0.25) is 12.1 Å². The van der Waals surface area contributed by atoms with E-state index in [4.69, 9.17) is 9.15 Å². The highest BCUT2D eigenvalue weighted by molar-refractivity contribution is 5.93. The maximum atomic E-state index is 11.9. The predicted molar refractivity (Wildman–Crippen MR) is 93.5 cm³/mol. The first kappa shape index (κ1) is 15.2. The van der Waals surface area contributed by atoms with Gasteiger partial charge in [0.25, 0.3) is 5.90 Å². The molecule has 124 valence electrons. The van der Waals surface area contributed by atoms with Gasteiger partial charge in [-0.1, -0.05) is 54.6 Å². The zero-order valence-electron chi connectivity index (χ0n) is 13.6. The fourth-order valence-corrected chi connectivity index (χ4v) is 2.75. The average Bonchev–Trinajstić information content (AvgIpc) is 3.32. The van der Waals surface area contributed by atoms with Crippen LogP contribution >= 0.6 is 0 Å². The Labute approximate surface area is 145 Å². The van der Waals surface area contributed by atoms with Crippen LogP contribution in [0.3, 0.4) is 0 Å². The maximum absolute atomic E-state index is 11.9. The van der Waals surface area contributed by atoms with Crippen molar-refractivity contribution >= 4 is 11.8 Å². The van der Waals surface area contributed by atoms with Gasteiger partial charge in [0.05, 0.1) is 6.26 Å². The maximum Gasteiger partial charge on any atom is 0.277 e. The summed E-state index contributed by atoms with van der Waals surface area (Å²) >= 11 is 0. The summed E-state index contributed by atoms with van der Waals surface area (Å²) in [4.78, 5) is 11.9. The summed E-state index contributed by atoms with van der Waals surface area (Å²) in [6, 6.07) is 21.5. The summed E-state index contributed by atoms with van der Waals surface area (Å²) in [5.41, 5.74) is 3.08. The molecule has 1 amide bonds. The summed E-state index contributed by atoms with van der Waals surface area (Å²) in [6.07, 6.45) is 0.948. The molecular formula is C20H16N2O3. The summed E-state index contributed by atoms with van der Waals surface area (Å²) in [5.74, 6) is 0.602. The number of hydrazone groups is 1. The number of rotatable bonds is 3. The average molecular weight is 332 g/mol.